The Morgan fingerprint density at radius 1 is 1.36 bits per heavy atom. The molecular formula is C12H22N2. The van der Waals surface area contributed by atoms with E-state index in [0.29, 0.717) is 0 Å². The molecule has 0 aliphatic rings. The fraction of sp³-hybridized carbons (Fsp3) is 0.667. The van der Waals surface area contributed by atoms with Crippen LogP contribution >= 0.6 is 0 Å². The van der Waals surface area contributed by atoms with Crippen LogP contribution in [0, 0.1) is 0 Å². The van der Waals surface area contributed by atoms with E-state index >= 15 is 0 Å². The first-order valence-corrected chi connectivity index (χ1v) is 5.40. The molecule has 0 fully saturated rings. The van der Waals surface area contributed by atoms with Crippen molar-refractivity contribution in [3.05, 3.63) is 24.0 Å². The van der Waals surface area contributed by atoms with Crippen LogP contribution in [-0.4, -0.2) is 22.0 Å². The summed E-state index contributed by atoms with van der Waals surface area (Å²) in [6, 6.07) is 2.15. The maximum absolute atomic E-state index is 3.10. The highest BCUT2D eigenvalue weighted by Crippen LogP contribution is 2.17. The number of nitrogens with one attached hydrogen (secondary N) is 1. The van der Waals surface area contributed by atoms with Crippen molar-refractivity contribution >= 4 is 0 Å². The first kappa shape index (κ1) is 11.3. The van der Waals surface area contributed by atoms with E-state index < -0.39 is 0 Å². The van der Waals surface area contributed by atoms with Crippen LogP contribution in [0.5, 0.6) is 0 Å². The van der Waals surface area contributed by atoms with Crippen LogP contribution in [0.1, 0.15) is 39.7 Å². The maximum Gasteiger partial charge on any atom is 0.0253 e. The lowest BCUT2D eigenvalue weighted by atomic mass is 10.0. The monoisotopic (exact) mass is 194 g/mol. The van der Waals surface area contributed by atoms with Gasteiger partial charge < -0.3 is 4.98 Å². The minimum Gasteiger partial charge on any atom is -0.367 e. The molecule has 0 spiro atoms. The second kappa shape index (κ2) is 4.65. The highest BCUT2D eigenvalue weighted by molar-refractivity contribution is 5.08. The fourth-order valence-corrected chi connectivity index (χ4v) is 1.60. The van der Waals surface area contributed by atoms with Crippen molar-refractivity contribution < 1.29 is 0 Å². The van der Waals surface area contributed by atoms with E-state index in [4.69, 9.17) is 0 Å². The van der Waals surface area contributed by atoms with E-state index in [0.717, 1.165) is 13.1 Å². The van der Waals surface area contributed by atoms with Crippen molar-refractivity contribution in [1.29, 1.82) is 0 Å². The van der Waals surface area contributed by atoms with E-state index in [-0.39, 0.29) is 5.54 Å². The predicted molar refractivity (Wildman–Crippen MR) is 61.2 cm³/mol. The van der Waals surface area contributed by atoms with Crippen LogP contribution in [0.25, 0.3) is 0 Å². The standard InChI is InChI=1S/C12H22N2/c1-5-8-14(12(2,3)4)10-11-6-7-13-9-11/h6-7,9,13H,5,8,10H2,1-4H3. The Bertz CT molecular complexity index is 244. The molecule has 0 amide bonds. The molecule has 0 atom stereocenters. The summed E-state index contributed by atoms with van der Waals surface area (Å²) in [5.74, 6) is 0. The number of aromatic nitrogens is 1. The zero-order valence-electron chi connectivity index (χ0n) is 9.80. The fourth-order valence-electron chi connectivity index (χ4n) is 1.60. The van der Waals surface area contributed by atoms with Crippen molar-refractivity contribution in [3.8, 4) is 0 Å². The average molecular weight is 194 g/mol. The molecule has 2 heteroatoms. The summed E-state index contributed by atoms with van der Waals surface area (Å²) in [6.45, 7) is 11.3. The third kappa shape index (κ3) is 3.18. The summed E-state index contributed by atoms with van der Waals surface area (Å²) in [5.41, 5.74) is 1.63. The van der Waals surface area contributed by atoms with Gasteiger partial charge in [-0.1, -0.05) is 6.92 Å². The van der Waals surface area contributed by atoms with Crippen LogP contribution in [-0.2, 0) is 6.54 Å². The van der Waals surface area contributed by atoms with Gasteiger partial charge in [0.1, 0.15) is 0 Å². The molecule has 0 aliphatic carbocycles. The van der Waals surface area contributed by atoms with Crippen LogP contribution in [0.4, 0.5) is 0 Å². The second-order valence-electron chi connectivity index (χ2n) is 4.81. The smallest absolute Gasteiger partial charge is 0.0253 e. The summed E-state index contributed by atoms with van der Waals surface area (Å²) < 4.78 is 0. The van der Waals surface area contributed by atoms with E-state index in [2.05, 4.69) is 49.8 Å². The van der Waals surface area contributed by atoms with E-state index in [9.17, 15) is 0 Å². The Labute approximate surface area is 87.3 Å². The van der Waals surface area contributed by atoms with Gasteiger partial charge in [0, 0.05) is 24.5 Å². The van der Waals surface area contributed by atoms with Crippen LogP contribution in [0.3, 0.4) is 0 Å². The van der Waals surface area contributed by atoms with Gasteiger partial charge in [0.05, 0.1) is 0 Å². The van der Waals surface area contributed by atoms with Gasteiger partial charge in [-0.05, 0) is 45.4 Å². The lowest BCUT2D eigenvalue weighted by Crippen LogP contribution is -2.41. The largest absolute Gasteiger partial charge is 0.367 e. The zero-order chi connectivity index (χ0) is 10.6. The number of hydrogen-bond donors (Lipinski definition) is 1. The molecule has 80 valence electrons. The van der Waals surface area contributed by atoms with Crippen molar-refractivity contribution in [1.82, 2.24) is 9.88 Å². The third-order valence-corrected chi connectivity index (χ3v) is 2.48. The highest BCUT2D eigenvalue weighted by atomic mass is 15.2. The van der Waals surface area contributed by atoms with Gasteiger partial charge in [-0.2, -0.15) is 0 Å². The second-order valence-corrected chi connectivity index (χ2v) is 4.81. The number of nitrogens with zero attached hydrogens (tertiary/aromatic N) is 1. The van der Waals surface area contributed by atoms with Crippen LogP contribution < -0.4 is 0 Å². The number of hydrogen-bond acceptors (Lipinski definition) is 1. The predicted octanol–water partition coefficient (Wildman–Crippen LogP) is 3.03. The number of H-pyrrole nitrogens is 1. The molecule has 0 saturated carbocycles. The molecule has 1 heterocycles. The Balaban J connectivity index is 2.60. The van der Waals surface area contributed by atoms with E-state index in [1.807, 2.05) is 6.20 Å². The van der Waals surface area contributed by atoms with Gasteiger partial charge in [0.25, 0.3) is 0 Å². The maximum atomic E-state index is 3.10. The summed E-state index contributed by atoms with van der Waals surface area (Å²) >= 11 is 0. The Hall–Kier alpha value is -0.760. The Morgan fingerprint density at radius 2 is 2.07 bits per heavy atom. The summed E-state index contributed by atoms with van der Waals surface area (Å²) in [6.07, 6.45) is 5.28. The topological polar surface area (TPSA) is 19.0 Å². The molecule has 0 aromatic carbocycles. The average Bonchev–Trinajstić information content (AvgIpc) is 2.54. The molecular weight excluding hydrogens is 172 g/mol. The lowest BCUT2D eigenvalue weighted by molar-refractivity contribution is 0.128. The summed E-state index contributed by atoms with van der Waals surface area (Å²) in [4.78, 5) is 5.61. The third-order valence-electron chi connectivity index (χ3n) is 2.48. The first-order valence-electron chi connectivity index (χ1n) is 5.40. The molecule has 1 N–H and O–H groups in total. The van der Waals surface area contributed by atoms with Crippen molar-refractivity contribution in [2.75, 3.05) is 6.54 Å². The number of aromatic amines is 1. The van der Waals surface area contributed by atoms with Gasteiger partial charge in [0.15, 0.2) is 0 Å². The molecule has 1 aromatic rings. The molecule has 0 bridgehead atoms. The zero-order valence-corrected chi connectivity index (χ0v) is 9.80. The van der Waals surface area contributed by atoms with E-state index in [1.165, 1.54) is 12.0 Å². The van der Waals surface area contributed by atoms with Gasteiger partial charge >= 0.3 is 0 Å². The van der Waals surface area contributed by atoms with Gasteiger partial charge in [-0.25, -0.2) is 0 Å². The minimum atomic E-state index is 0.257. The van der Waals surface area contributed by atoms with Gasteiger partial charge in [-0.15, -0.1) is 0 Å². The summed E-state index contributed by atoms with van der Waals surface area (Å²) in [7, 11) is 0. The first-order chi connectivity index (χ1) is 6.54. The molecule has 2 nitrogen and oxygen atoms in total. The van der Waals surface area contributed by atoms with Crippen molar-refractivity contribution in [2.24, 2.45) is 0 Å². The minimum absolute atomic E-state index is 0.257. The molecule has 1 rings (SSSR count). The molecule has 1 aromatic heterocycles. The quantitative estimate of drug-likeness (QED) is 0.780. The van der Waals surface area contributed by atoms with Crippen molar-refractivity contribution in [2.45, 2.75) is 46.2 Å². The van der Waals surface area contributed by atoms with E-state index in [1.54, 1.807) is 0 Å². The van der Waals surface area contributed by atoms with Gasteiger partial charge in [-0.3, -0.25) is 4.90 Å². The molecule has 0 unspecified atom stereocenters. The SMILES string of the molecule is CCCN(Cc1cc[nH]c1)C(C)(C)C. The molecule has 0 aliphatic heterocycles. The Morgan fingerprint density at radius 3 is 2.50 bits per heavy atom. The van der Waals surface area contributed by atoms with Crippen LogP contribution in [0.15, 0.2) is 18.5 Å². The summed E-state index contributed by atoms with van der Waals surface area (Å²) in [5, 5.41) is 0. The normalized spacial score (nSPS) is 12.4. The van der Waals surface area contributed by atoms with Gasteiger partial charge in [0.2, 0.25) is 0 Å². The van der Waals surface area contributed by atoms with Crippen molar-refractivity contribution in [3.63, 3.8) is 0 Å². The number of rotatable bonds is 4. The Kier molecular flexibility index (Phi) is 3.76. The molecule has 0 saturated heterocycles. The molecule has 0 radical (unpaired) electrons. The van der Waals surface area contributed by atoms with Crippen LogP contribution in [0.2, 0.25) is 0 Å². The molecule has 14 heavy (non-hydrogen) atoms. The highest BCUT2D eigenvalue weighted by Gasteiger charge is 2.20. The lowest BCUT2D eigenvalue weighted by Gasteiger charge is -2.35.